The zero-order valence-corrected chi connectivity index (χ0v) is 14.3. The predicted molar refractivity (Wildman–Crippen MR) is 94.5 cm³/mol. The van der Waals surface area contributed by atoms with Crippen LogP contribution < -0.4 is 0 Å². The van der Waals surface area contributed by atoms with E-state index >= 15 is 0 Å². The fourth-order valence-corrected chi connectivity index (χ4v) is 4.75. The summed E-state index contributed by atoms with van der Waals surface area (Å²) in [5.74, 6) is 0. The third-order valence-corrected chi connectivity index (χ3v) is 5.87. The van der Waals surface area contributed by atoms with Gasteiger partial charge in [-0.25, -0.2) is 0 Å². The number of hydrogen-bond acceptors (Lipinski definition) is 1. The summed E-state index contributed by atoms with van der Waals surface area (Å²) in [6.07, 6.45) is 7.21. The van der Waals surface area contributed by atoms with Gasteiger partial charge in [-0.05, 0) is 42.9 Å². The number of rotatable bonds is 2. The monoisotopic (exact) mass is 306 g/mol. The lowest BCUT2D eigenvalue weighted by atomic mass is 9.77. The SMILES string of the molecule is CCC1(c2cccc(C)c2)OC2(CCCCC2)c2ccccc21. The average molecular weight is 306 g/mol. The normalized spacial score (nSPS) is 25.5. The van der Waals surface area contributed by atoms with Gasteiger partial charge in [-0.3, -0.25) is 0 Å². The Kier molecular flexibility index (Phi) is 3.57. The maximum Gasteiger partial charge on any atom is 0.119 e. The van der Waals surface area contributed by atoms with Crippen molar-refractivity contribution in [2.45, 2.75) is 63.6 Å². The molecule has 1 heterocycles. The number of benzene rings is 2. The van der Waals surface area contributed by atoms with Crippen molar-refractivity contribution in [3.63, 3.8) is 0 Å². The first kappa shape index (κ1) is 15.0. The smallest absolute Gasteiger partial charge is 0.119 e. The third-order valence-electron chi connectivity index (χ3n) is 5.87. The van der Waals surface area contributed by atoms with Crippen molar-refractivity contribution in [2.24, 2.45) is 0 Å². The second-order valence-corrected chi connectivity index (χ2v) is 7.25. The fraction of sp³-hybridized carbons (Fsp3) is 0.455. The van der Waals surface area contributed by atoms with Gasteiger partial charge in [-0.2, -0.15) is 0 Å². The average Bonchev–Trinajstić information content (AvgIpc) is 2.87. The highest BCUT2D eigenvalue weighted by molar-refractivity contribution is 5.48. The number of aryl methyl sites for hydroxylation is 1. The van der Waals surface area contributed by atoms with E-state index in [4.69, 9.17) is 4.74 Å². The van der Waals surface area contributed by atoms with E-state index in [0.717, 1.165) is 19.3 Å². The molecule has 1 spiro atoms. The van der Waals surface area contributed by atoms with E-state index < -0.39 is 0 Å². The van der Waals surface area contributed by atoms with Crippen molar-refractivity contribution in [1.82, 2.24) is 0 Å². The summed E-state index contributed by atoms with van der Waals surface area (Å²) in [5, 5.41) is 0. The van der Waals surface area contributed by atoms with E-state index in [1.54, 1.807) is 0 Å². The zero-order valence-electron chi connectivity index (χ0n) is 14.3. The van der Waals surface area contributed by atoms with Crippen LogP contribution in [0.2, 0.25) is 0 Å². The van der Waals surface area contributed by atoms with Gasteiger partial charge in [0.25, 0.3) is 0 Å². The summed E-state index contributed by atoms with van der Waals surface area (Å²) >= 11 is 0. The Morgan fingerprint density at radius 3 is 2.35 bits per heavy atom. The summed E-state index contributed by atoms with van der Waals surface area (Å²) in [6.45, 7) is 4.44. The molecule has 1 aliphatic carbocycles. The van der Waals surface area contributed by atoms with Gasteiger partial charge < -0.3 is 4.74 Å². The quantitative estimate of drug-likeness (QED) is 0.677. The van der Waals surface area contributed by atoms with Crippen LogP contribution in [0.3, 0.4) is 0 Å². The van der Waals surface area contributed by atoms with Crippen molar-refractivity contribution in [3.8, 4) is 0 Å². The molecule has 0 amide bonds. The zero-order chi connectivity index (χ0) is 15.9. The largest absolute Gasteiger partial charge is 0.354 e. The fourth-order valence-electron chi connectivity index (χ4n) is 4.75. The van der Waals surface area contributed by atoms with Crippen molar-refractivity contribution in [2.75, 3.05) is 0 Å². The minimum absolute atomic E-state index is 0.0609. The molecule has 0 bridgehead atoms. The highest BCUT2D eigenvalue weighted by Crippen LogP contribution is 2.57. The van der Waals surface area contributed by atoms with Crippen LogP contribution >= 0.6 is 0 Å². The Balaban J connectivity index is 1.92. The van der Waals surface area contributed by atoms with E-state index in [9.17, 15) is 0 Å². The van der Waals surface area contributed by atoms with Crippen LogP contribution in [-0.2, 0) is 15.9 Å². The lowest BCUT2D eigenvalue weighted by molar-refractivity contribution is -0.141. The van der Waals surface area contributed by atoms with Crippen molar-refractivity contribution in [1.29, 1.82) is 0 Å². The first-order valence-corrected chi connectivity index (χ1v) is 9.07. The van der Waals surface area contributed by atoms with Crippen LogP contribution in [0.1, 0.15) is 67.7 Å². The Morgan fingerprint density at radius 1 is 0.913 bits per heavy atom. The molecule has 2 aliphatic rings. The summed E-state index contributed by atoms with van der Waals surface area (Å²) in [7, 11) is 0. The van der Waals surface area contributed by atoms with Gasteiger partial charge in [-0.15, -0.1) is 0 Å². The van der Waals surface area contributed by atoms with Gasteiger partial charge in [0.2, 0.25) is 0 Å². The molecule has 2 aromatic rings. The molecule has 1 unspecified atom stereocenters. The van der Waals surface area contributed by atoms with Crippen LogP contribution in [-0.4, -0.2) is 0 Å². The van der Waals surface area contributed by atoms with E-state index in [1.165, 1.54) is 41.5 Å². The van der Waals surface area contributed by atoms with Crippen LogP contribution in [0.4, 0.5) is 0 Å². The van der Waals surface area contributed by atoms with E-state index in [0.29, 0.717) is 0 Å². The Labute approximate surface area is 139 Å². The predicted octanol–water partition coefficient (Wildman–Crippen LogP) is 5.84. The molecule has 1 aliphatic heterocycles. The van der Waals surface area contributed by atoms with Gasteiger partial charge in [-0.1, -0.05) is 80.3 Å². The second kappa shape index (κ2) is 5.49. The molecule has 1 fully saturated rings. The summed E-state index contributed by atoms with van der Waals surface area (Å²) in [6, 6.07) is 17.9. The first-order chi connectivity index (χ1) is 11.2. The lowest BCUT2D eigenvalue weighted by Crippen LogP contribution is -2.34. The van der Waals surface area contributed by atoms with Gasteiger partial charge >= 0.3 is 0 Å². The number of hydrogen-bond donors (Lipinski definition) is 0. The number of fused-ring (bicyclic) bond motifs is 2. The van der Waals surface area contributed by atoms with Crippen LogP contribution in [0.25, 0.3) is 0 Å². The molecule has 0 saturated heterocycles. The van der Waals surface area contributed by atoms with Crippen molar-refractivity contribution >= 4 is 0 Å². The van der Waals surface area contributed by atoms with Crippen molar-refractivity contribution in [3.05, 3.63) is 70.8 Å². The van der Waals surface area contributed by atoms with Crippen LogP contribution in [0, 0.1) is 6.92 Å². The van der Waals surface area contributed by atoms with E-state index in [-0.39, 0.29) is 11.2 Å². The van der Waals surface area contributed by atoms with Gasteiger partial charge in [0.05, 0.1) is 5.60 Å². The van der Waals surface area contributed by atoms with Gasteiger partial charge in [0.1, 0.15) is 5.60 Å². The van der Waals surface area contributed by atoms with Gasteiger partial charge in [0.15, 0.2) is 0 Å². The lowest BCUT2D eigenvalue weighted by Gasteiger charge is -2.38. The second-order valence-electron chi connectivity index (χ2n) is 7.25. The maximum absolute atomic E-state index is 7.04. The highest BCUT2D eigenvalue weighted by Gasteiger charge is 2.53. The summed E-state index contributed by atoms with van der Waals surface area (Å²) in [4.78, 5) is 0. The molecule has 1 atom stereocenters. The molecule has 1 heteroatoms. The molecule has 0 aromatic heterocycles. The van der Waals surface area contributed by atoms with Crippen LogP contribution in [0.15, 0.2) is 48.5 Å². The van der Waals surface area contributed by atoms with Gasteiger partial charge in [0, 0.05) is 0 Å². The minimum Gasteiger partial charge on any atom is -0.354 e. The Bertz CT molecular complexity index is 711. The third kappa shape index (κ3) is 2.17. The molecule has 1 nitrogen and oxygen atoms in total. The molecule has 4 rings (SSSR count). The van der Waals surface area contributed by atoms with E-state index in [2.05, 4.69) is 62.4 Å². The van der Waals surface area contributed by atoms with E-state index in [1.807, 2.05) is 0 Å². The number of ether oxygens (including phenoxy) is 1. The highest BCUT2D eigenvalue weighted by atomic mass is 16.5. The molecular formula is C22H26O. The molecule has 23 heavy (non-hydrogen) atoms. The topological polar surface area (TPSA) is 9.23 Å². The maximum atomic E-state index is 7.04. The standard InChI is InChI=1S/C22H26O/c1-3-22(18-11-9-10-17(2)16-18)20-13-6-5-12-19(20)21(23-22)14-7-4-8-15-21/h5-6,9-13,16H,3-4,7-8,14-15H2,1-2H3. The Morgan fingerprint density at radius 2 is 1.65 bits per heavy atom. The molecule has 1 saturated carbocycles. The Hall–Kier alpha value is -1.60. The molecule has 0 radical (unpaired) electrons. The van der Waals surface area contributed by atoms with Crippen molar-refractivity contribution < 1.29 is 4.74 Å². The molecule has 120 valence electrons. The first-order valence-electron chi connectivity index (χ1n) is 9.07. The summed E-state index contributed by atoms with van der Waals surface area (Å²) < 4.78 is 7.04. The summed E-state index contributed by atoms with van der Waals surface area (Å²) in [5.41, 5.74) is 5.13. The molecule has 2 aromatic carbocycles. The molecule has 0 N–H and O–H groups in total. The molecular weight excluding hydrogens is 280 g/mol. The minimum atomic E-state index is -0.278. The van der Waals surface area contributed by atoms with Crippen LogP contribution in [0.5, 0.6) is 0 Å².